The van der Waals surface area contributed by atoms with Crippen molar-refractivity contribution in [1.82, 2.24) is 10.3 Å². The lowest BCUT2D eigenvalue weighted by Crippen LogP contribution is -2.25. The van der Waals surface area contributed by atoms with E-state index in [1.165, 1.54) is 19.2 Å². The standard InChI is InChI=1S/C25H24N2O6/c1-14-10-21(29)24(31)25(33-14)18(15-6-7-20(28)22(11-15)32-2)12-23(30)27-13-16-4-3-5-19-17(16)8-9-26-19/h3-11,18,26,28,31H,12-13H2,1-2H3,(H,27,30)/t18-/m1/s1. The molecule has 0 aliphatic rings. The van der Waals surface area contributed by atoms with Gasteiger partial charge in [0.1, 0.15) is 5.76 Å². The summed E-state index contributed by atoms with van der Waals surface area (Å²) in [6, 6.07) is 13.5. The van der Waals surface area contributed by atoms with Gasteiger partial charge in [0.2, 0.25) is 17.1 Å². The highest BCUT2D eigenvalue weighted by atomic mass is 16.5. The summed E-state index contributed by atoms with van der Waals surface area (Å²) >= 11 is 0. The van der Waals surface area contributed by atoms with E-state index in [0.29, 0.717) is 17.9 Å². The summed E-state index contributed by atoms with van der Waals surface area (Å²) < 4.78 is 10.9. The number of aromatic nitrogens is 1. The lowest BCUT2D eigenvalue weighted by Gasteiger charge is -2.19. The first-order chi connectivity index (χ1) is 15.9. The van der Waals surface area contributed by atoms with Gasteiger partial charge < -0.3 is 29.7 Å². The Balaban J connectivity index is 1.64. The molecule has 0 spiro atoms. The summed E-state index contributed by atoms with van der Waals surface area (Å²) in [7, 11) is 1.41. The maximum absolute atomic E-state index is 12.9. The summed E-state index contributed by atoms with van der Waals surface area (Å²) in [5, 5.41) is 24.3. The molecule has 0 bridgehead atoms. The lowest BCUT2D eigenvalue weighted by atomic mass is 9.91. The molecule has 1 atom stereocenters. The number of hydrogen-bond donors (Lipinski definition) is 4. The van der Waals surface area contributed by atoms with Gasteiger partial charge in [-0.3, -0.25) is 9.59 Å². The number of H-pyrrole nitrogens is 1. The van der Waals surface area contributed by atoms with Gasteiger partial charge in [-0.05, 0) is 42.3 Å². The van der Waals surface area contributed by atoms with Crippen molar-refractivity contribution in [3.8, 4) is 17.2 Å². The van der Waals surface area contributed by atoms with Gasteiger partial charge in [0.05, 0.1) is 13.0 Å². The highest BCUT2D eigenvalue weighted by Crippen LogP contribution is 2.37. The molecule has 0 saturated heterocycles. The molecule has 2 heterocycles. The average molecular weight is 448 g/mol. The number of phenolic OH excluding ortho intramolecular Hbond substituents is 1. The molecule has 2 aromatic carbocycles. The molecular weight excluding hydrogens is 424 g/mol. The Hall–Kier alpha value is -4.20. The monoisotopic (exact) mass is 448 g/mol. The molecule has 2 aromatic heterocycles. The van der Waals surface area contributed by atoms with Crippen LogP contribution in [0, 0.1) is 6.92 Å². The fourth-order valence-corrected chi connectivity index (χ4v) is 3.89. The number of fused-ring (bicyclic) bond motifs is 1. The average Bonchev–Trinajstić information content (AvgIpc) is 3.28. The van der Waals surface area contributed by atoms with Crippen molar-refractivity contribution in [3.63, 3.8) is 0 Å². The summed E-state index contributed by atoms with van der Waals surface area (Å²) in [6.07, 6.45) is 1.74. The van der Waals surface area contributed by atoms with Gasteiger partial charge in [0.25, 0.3) is 0 Å². The fourth-order valence-electron chi connectivity index (χ4n) is 3.89. The minimum Gasteiger partial charge on any atom is -0.504 e. The molecule has 33 heavy (non-hydrogen) atoms. The number of aryl methyl sites for hydroxylation is 1. The molecule has 0 aliphatic heterocycles. The predicted molar refractivity (Wildman–Crippen MR) is 123 cm³/mol. The first-order valence-electron chi connectivity index (χ1n) is 10.4. The molecular formula is C25H24N2O6. The Bertz CT molecular complexity index is 1370. The van der Waals surface area contributed by atoms with Crippen LogP contribution in [0.1, 0.15) is 35.0 Å². The van der Waals surface area contributed by atoms with Crippen molar-refractivity contribution >= 4 is 16.8 Å². The van der Waals surface area contributed by atoms with Crippen LogP contribution < -0.4 is 15.5 Å². The van der Waals surface area contributed by atoms with E-state index >= 15 is 0 Å². The van der Waals surface area contributed by atoms with Crippen molar-refractivity contribution in [2.75, 3.05) is 7.11 Å². The van der Waals surface area contributed by atoms with E-state index < -0.39 is 17.1 Å². The van der Waals surface area contributed by atoms with Crippen LogP contribution in [0.2, 0.25) is 0 Å². The molecule has 4 rings (SSSR count). The summed E-state index contributed by atoms with van der Waals surface area (Å²) in [5.74, 6) is -1.22. The second-order valence-electron chi connectivity index (χ2n) is 7.75. The molecule has 0 aliphatic carbocycles. The van der Waals surface area contributed by atoms with Crippen molar-refractivity contribution < 1.29 is 24.2 Å². The van der Waals surface area contributed by atoms with E-state index in [9.17, 15) is 19.8 Å². The van der Waals surface area contributed by atoms with Gasteiger partial charge >= 0.3 is 0 Å². The number of hydrogen-bond acceptors (Lipinski definition) is 6. The number of methoxy groups -OCH3 is 1. The number of rotatable bonds is 7. The minimum absolute atomic E-state index is 0.0179. The van der Waals surface area contributed by atoms with Crippen molar-refractivity contribution in [1.29, 1.82) is 0 Å². The molecule has 8 nitrogen and oxygen atoms in total. The SMILES string of the molecule is COc1cc([C@@H](CC(=O)NCc2cccc3[nH]ccc23)c2oc(C)cc(=O)c2O)ccc1O. The molecule has 0 radical (unpaired) electrons. The highest BCUT2D eigenvalue weighted by molar-refractivity contribution is 5.84. The third-order valence-corrected chi connectivity index (χ3v) is 5.55. The van der Waals surface area contributed by atoms with Crippen LogP contribution in [-0.4, -0.2) is 28.2 Å². The summed E-state index contributed by atoms with van der Waals surface area (Å²) in [5.41, 5.74) is 1.87. The van der Waals surface area contributed by atoms with E-state index in [-0.39, 0.29) is 29.6 Å². The number of benzene rings is 2. The summed E-state index contributed by atoms with van der Waals surface area (Å²) in [4.78, 5) is 28.3. The summed E-state index contributed by atoms with van der Waals surface area (Å²) in [6.45, 7) is 1.90. The third-order valence-electron chi connectivity index (χ3n) is 5.55. The van der Waals surface area contributed by atoms with Crippen molar-refractivity contribution in [3.05, 3.63) is 87.6 Å². The van der Waals surface area contributed by atoms with Gasteiger partial charge in [0, 0.05) is 36.1 Å². The van der Waals surface area contributed by atoms with E-state index in [1.54, 1.807) is 19.1 Å². The molecule has 0 unspecified atom stereocenters. The zero-order valence-electron chi connectivity index (χ0n) is 18.2. The first-order valence-corrected chi connectivity index (χ1v) is 10.4. The van der Waals surface area contributed by atoms with Gasteiger partial charge in [-0.25, -0.2) is 0 Å². The lowest BCUT2D eigenvalue weighted by molar-refractivity contribution is -0.121. The second kappa shape index (κ2) is 9.12. The van der Waals surface area contributed by atoms with E-state index in [4.69, 9.17) is 9.15 Å². The normalized spacial score (nSPS) is 11.9. The van der Waals surface area contributed by atoms with Crippen LogP contribution in [-0.2, 0) is 11.3 Å². The van der Waals surface area contributed by atoms with Crippen LogP contribution in [0.4, 0.5) is 0 Å². The van der Waals surface area contributed by atoms with E-state index in [2.05, 4.69) is 10.3 Å². The van der Waals surface area contributed by atoms with Crippen LogP contribution in [0.5, 0.6) is 17.2 Å². The quantitative estimate of drug-likeness (QED) is 0.342. The minimum atomic E-state index is -0.782. The Labute approximate surface area is 189 Å². The maximum atomic E-state index is 12.9. The zero-order chi connectivity index (χ0) is 23.5. The first kappa shape index (κ1) is 22.0. The number of carbonyl (C=O) groups excluding carboxylic acids is 1. The number of carbonyl (C=O) groups is 1. The third kappa shape index (κ3) is 4.55. The van der Waals surface area contributed by atoms with E-state index in [1.807, 2.05) is 30.5 Å². The Morgan fingerprint density at radius 3 is 2.79 bits per heavy atom. The van der Waals surface area contributed by atoms with Crippen LogP contribution in [0.25, 0.3) is 10.9 Å². The van der Waals surface area contributed by atoms with Gasteiger partial charge in [0.15, 0.2) is 17.3 Å². The molecule has 0 fully saturated rings. The Kier molecular flexibility index (Phi) is 6.08. The molecule has 8 heteroatoms. The molecule has 4 N–H and O–H groups in total. The molecule has 1 amide bonds. The van der Waals surface area contributed by atoms with Gasteiger partial charge in [-0.15, -0.1) is 0 Å². The highest BCUT2D eigenvalue weighted by Gasteiger charge is 2.26. The predicted octanol–water partition coefficient (Wildman–Crippen LogP) is 3.69. The number of amides is 1. The van der Waals surface area contributed by atoms with Gasteiger partial charge in [-0.1, -0.05) is 18.2 Å². The number of nitrogens with one attached hydrogen (secondary N) is 2. The maximum Gasteiger partial charge on any atom is 0.227 e. The second-order valence-corrected chi connectivity index (χ2v) is 7.75. The van der Waals surface area contributed by atoms with Gasteiger partial charge in [-0.2, -0.15) is 0 Å². The van der Waals surface area contributed by atoms with Crippen LogP contribution in [0.3, 0.4) is 0 Å². The molecule has 4 aromatic rings. The number of aromatic hydroxyl groups is 2. The largest absolute Gasteiger partial charge is 0.504 e. The Morgan fingerprint density at radius 2 is 2.00 bits per heavy atom. The van der Waals surface area contributed by atoms with Crippen molar-refractivity contribution in [2.24, 2.45) is 0 Å². The van der Waals surface area contributed by atoms with Crippen molar-refractivity contribution in [2.45, 2.75) is 25.8 Å². The Morgan fingerprint density at radius 1 is 1.18 bits per heavy atom. The molecule has 0 saturated carbocycles. The molecule has 170 valence electrons. The van der Waals surface area contributed by atoms with Crippen LogP contribution >= 0.6 is 0 Å². The number of aromatic amines is 1. The topological polar surface area (TPSA) is 125 Å². The fraction of sp³-hybridized carbons (Fsp3) is 0.200. The number of phenols is 1. The zero-order valence-corrected chi connectivity index (χ0v) is 18.2. The smallest absolute Gasteiger partial charge is 0.227 e. The van der Waals surface area contributed by atoms with Crippen LogP contribution in [0.15, 0.2) is 63.9 Å². The number of ether oxygens (including phenoxy) is 1. The van der Waals surface area contributed by atoms with E-state index in [0.717, 1.165) is 16.5 Å².